The van der Waals surface area contributed by atoms with Crippen LogP contribution in [0, 0.1) is 5.92 Å². The molecule has 3 heterocycles. The molecule has 1 aliphatic carbocycles. The second kappa shape index (κ2) is 8.03. The number of rotatable bonds is 4. The average Bonchev–Trinajstić information content (AvgIpc) is 3.17. The van der Waals surface area contributed by atoms with Crippen LogP contribution >= 0.6 is 0 Å². The fraction of sp³-hybridized carbons (Fsp3) is 0.524. The number of nitrogens with zero attached hydrogens (tertiary/aromatic N) is 2. The van der Waals surface area contributed by atoms with Gasteiger partial charge in [-0.25, -0.2) is 9.78 Å². The molecular formula is C21H28N4O2. The smallest absolute Gasteiger partial charge is 0.315 e. The van der Waals surface area contributed by atoms with Crippen LogP contribution in [0.1, 0.15) is 55.5 Å². The van der Waals surface area contributed by atoms with Crippen molar-refractivity contribution >= 4 is 11.8 Å². The van der Waals surface area contributed by atoms with Crippen LogP contribution in [0.25, 0.3) is 0 Å². The molecule has 0 spiro atoms. The molecule has 0 saturated carbocycles. The Morgan fingerprint density at radius 3 is 2.89 bits per heavy atom. The van der Waals surface area contributed by atoms with Gasteiger partial charge in [0.2, 0.25) is 0 Å². The van der Waals surface area contributed by atoms with E-state index in [4.69, 9.17) is 4.42 Å². The average molecular weight is 368 g/mol. The topological polar surface area (TPSA) is 70.4 Å². The van der Waals surface area contributed by atoms with Gasteiger partial charge in [-0.3, -0.25) is 0 Å². The van der Waals surface area contributed by atoms with Crippen LogP contribution in [0.15, 0.2) is 35.1 Å². The minimum atomic E-state index is -0.150. The van der Waals surface area contributed by atoms with E-state index in [2.05, 4.69) is 39.6 Å². The molecule has 1 fully saturated rings. The van der Waals surface area contributed by atoms with E-state index in [-0.39, 0.29) is 12.1 Å². The Labute approximate surface area is 160 Å². The van der Waals surface area contributed by atoms with Crippen LogP contribution in [0.4, 0.5) is 10.6 Å². The van der Waals surface area contributed by atoms with Gasteiger partial charge in [-0.1, -0.05) is 13.0 Å². The summed E-state index contributed by atoms with van der Waals surface area (Å²) in [6.45, 7) is 4.93. The number of piperidine rings is 1. The summed E-state index contributed by atoms with van der Waals surface area (Å²) in [5.41, 5.74) is 2.12. The highest BCUT2D eigenvalue weighted by atomic mass is 16.3. The molecule has 6 heteroatoms. The van der Waals surface area contributed by atoms with Crippen LogP contribution in [-0.4, -0.2) is 24.1 Å². The molecule has 0 radical (unpaired) electrons. The molecule has 2 amide bonds. The molecule has 1 aliphatic heterocycles. The van der Waals surface area contributed by atoms with Crippen molar-refractivity contribution in [3.05, 3.63) is 47.5 Å². The standard InChI is InChI=1S/C21H28N4O2/c1-15-7-10-25(11-8-15)20-6-5-16(13-22-20)14-23-21(26)24-18-3-2-4-19-17(18)9-12-27-19/h5-6,9,12-13,15,18H,2-4,7-8,10-11,14H2,1H3,(H2,23,24,26). The number of furan rings is 1. The Kier molecular flexibility index (Phi) is 5.32. The van der Waals surface area contributed by atoms with Gasteiger partial charge >= 0.3 is 6.03 Å². The highest BCUT2D eigenvalue weighted by Gasteiger charge is 2.24. The molecule has 27 heavy (non-hydrogen) atoms. The van der Waals surface area contributed by atoms with Crippen LogP contribution in [0.2, 0.25) is 0 Å². The first kappa shape index (κ1) is 17.9. The van der Waals surface area contributed by atoms with Crippen molar-refractivity contribution in [3.63, 3.8) is 0 Å². The lowest BCUT2D eigenvalue weighted by molar-refractivity contribution is 0.234. The van der Waals surface area contributed by atoms with Crippen molar-refractivity contribution < 1.29 is 9.21 Å². The van der Waals surface area contributed by atoms with E-state index < -0.39 is 0 Å². The Balaban J connectivity index is 1.27. The number of carbonyl (C=O) groups is 1. The van der Waals surface area contributed by atoms with Crippen LogP contribution in [-0.2, 0) is 13.0 Å². The molecule has 1 unspecified atom stereocenters. The van der Waals surface area contributed by atoms with Gasteiger partial charge in [0.15, 0.2) is 0 Å². The maximum atomic E-state index is 12.3. The number of anilines is 1. The summed E-state index contributed by atoms with van der Waals surface area (Å²) in [6, 6.07) is 5.96. The number of pyridine rings is 1. The SMILES string of the molecule is CC1CCN(c2ccc(CNC(=O)NC3CCCc4occc43)cn2)CC1. The third-order valence-electron chi connectivity index (χ3n) is 5.73. The van der Waals surface area contributed by atoms with Gasteiger partial charge in [0, 0.05) is 37.8 Å². The predicted molar refractivity (Wildman–Crippen MR) is 105 cm³/mol. The van der Waals surface area contributed by atoms with Crippen molar-refractivity contribution in [1.82, 2.24) is 15.6 Å². The van der Waals surface area contributed by atoms with E-state index in [9.17, 15) is 4.79 Å². The molecule has 144 valence electrons. The highest BCUT2D eigenvalue weighted by molar-refractivity contribution is 5.74. The number of hydrogen-bond acceptors (Lipinski definition) is 4. The minimum Gasteiger partial charge on any atom is -0.469 e. The summed E-state index contributed by atoms with van der Waals surface area (Å²) in [7, 11) is 0. The number of nitrogens with one attached hydrogen (secondary N) is 2. The van der Waals surface area contributed by atoms with Gasteiger partial charge in [-0.15, -0.1) is 0 Å². The number of hydrogen-bond donors (Lipinski definition) is 2. The fourth-order valence-corrected chi connectivity index (χ4v) is 3.97. The lowest BCUT2D eigenvalue weighted by atomic mass is 9.93. The summed E-state index contributed by atoms with van der Waals surface area (Å²) < 4.78 is 5.48. The molecule has 1 atom stereocenters. The van der Waals surface area contributed by atoms with Crippen molar-refractivity contribution in [2.45, 2.75) is 51.6 Å². The molecule has 2 aliphatic rings. The van der Waals surface area contributed by atoms with Crippen LogP contribution < -0.4 is 15.5 Å². The molecule has 6 nitrogen and oxygen atoms in total. The van der Waals surface area contributed by atoms with Gasteiger partial charge in [0.25, 0.3) is 0 Å². The Bertz CT molecular complexity index is 763. The Morgan fingerprint density at radius 2 is 2.11 bits per heavy atom. The van der Waals surface area contributed by atoms with Crippen LogP contribution in [0.5, 0.6) is 0 Å². The maximum Gasteiger partial charge on any atom is 0.315 e. The first-order chi connectivity index (χ1) is 13.2. The second-order valence-electron chi connectivity index (χ2n) is 7.77. The van der Waals surface area contributed by atoms with E-state index >= 15 is 0 Å². The molecule has 2 aromatic heterocycles. The Morgan fingerprint density at radius 1 is 1.26 bits per heavy atom. The normalized spacial score (nSPS) is 20.2. The number of urea groups is 1. The van der Waals surface area contributed by atoms with Gasteiger partial charge in [0.1, 0.15) is 11.6 Å². The van der Waals surface area contributed by atoms with Gasteiger partial charge in [-0.05, 0) is 49.3 Å². The molecule has 4 rings (SSSR count). The minimum absolute atomic E-state index is 0.0366. The maximum absolute atomic E-state index is 12.3. The van der Waals surface area contributed by atoms with E-state index in [1.54, 1.807) is 6.26 Å². The van der Waals surface area contributed by atoms with E-state index in [1.165, 1.54) is 12.8 Å². The van der Waals surface area contributed by atoms with Crippen LogP contribution in [0.3, 0.4) is 0 Å². The number of carbonyl (C=O) groups excluding carboxylic acids is 1. The number of aryl methyl sites for hydroxylation is 1. The summed E-state index contributed by atoms with van der Waals surface area (Å²) in [5, 5.41) is 6.00. The lowest BCUT2D eigenvalue weighted by Gasteiger charge is -2.31. The van der Waals surface area contributed by atoms with Gasteiger partial charge in [0.05, 0.1) is 12.3 Å². The molecule has 0 bridgehead atoms. The van der Waals surface area contributed by atoms with Crippen molar-refractivity contribution in [1.29, 1.82) is 0 Å². The molecule has 2 aromatic rings. The zero-order chi connectivity index (χ0) is 18.6. The third-order valence-corrected chi connectivity index (χ3v) is 5.73. The van der Waals surface area contributed by atoms with Crippen molar-refractivity contribution in [2.24, 2.45) is 5.92 Å². The van der Waals surface area contributed by atoms with E-state index in [0.29, 0.717) is 6.54 Å². The van der Waals surface area contributed by atoms with Gasteiger partial charge in [-0.2, -0.15) is 0 Å². The molecular weight excluding hydrogens is 340 g/mol. The first-order valence-electron chi connectivity index (χ1n) is 9.99. The zero-order valence-corrected chi connectivity index (χ0v) is 15.9. The number of aromatic nitrogens is 1. The van der Waals surface area contributed by atoms with E-state index in [1.807, 2.05) is 12.3 Å². The number of fused-ring (bicyclic) bond motifs is 1. The van der Waals surface area contributed by atoms with Crippen molar-refractivity contribution in [3.8, 4) is 0 Å². The zero-order valence-electron chi connectivity index (χ0n) is 15.9. The third kappa shape index (κ3) is 4.26. The number of amides is 2. The summed E-state index contributed by atoms with van der Waals surface area (Å²) in [6.07, 6.45) is 8.96. The fourth-order valence-electron chi connectivity index (χ4n) is 3.97. The quantitative estimate of drug-likeness (QED) is 0.861. The van der Waals surface area contributed by atoms with Gasteiger partial charge < -0.3 is 20.0 Å². The monoisotopic (exact) mass is 368 g/mol. The first-order valence-corrected chi connectivity index (χ1v) is 9.99. The highest BCUT2D eigenvalue weighted by Crippen LogP contribution is 2.30. The lowest BCUT2D eigenvalue weighted by Crippen LogP contribution is -2.38. The summed E-state index contributed by atoms with van der Waals surface area (Å²) >= 11 is 0. The molecule has 1 saturated heterocycles. The summed E-state index contributed by atoms with van der Waals surface area (Å²) in [4.78, 5) is 19.2. The second-order valence-corrected chi connectivity index (χ2v) is 7.77. The van der Waals surface area contributed by atoms with E-state index in [0.717, 1.165) is 61.0 Å². The Hall–Kier alpha value is -2.50. The largest absolute Gasteiger partial charge is 0.469 e. The predicted octanol–water partition coefficient (Wildman–Crippen LogP) is 3.79. The molecule has 2 N–H and O–H groups in total. The van der Waals surface area contributed by atoms with Crippen molar-refractivity contribution in [2.75, 3.05) is 18.0 Å². The summed E-state index contributed by atoms with van der Waals surface area (Å²) in [5.74, 6) is 2.84. The molecule has 0 aromatic carbocycles.